The summed E-state index contributed by atoms with van der Waals surface area (Å²) >= 11 is 5.15. The molecule has 112 valence electrons. The average molecular weight is 375 g/mol. The van der Waals surface area contributed by atoms with Crippen molar-refractivity contribution in [1.82, 2.24) is 20.0 Å². The summed E-state index contributed by atoms with van der Waals surface area (Å²) < 4.78 is 3.03. The van der Waals surface area contributed by atoms with Gasteiger partial charge in [-0.3, -0.25) is 4.68 Å². The largest absolute Gasteiger partial charge is 0.252 e. The zero-order valence-electron chi connectivity index (χ0n) is 11.9. The maximum absolute atomic E-state index is 4.72. The Morgan fingerprint density at radius 2 is 2.05 bits per heavy atom. The summed E-state index contributed by atoms with van der Waals surface area (Å²) in [5.74, 6) is 0.664. The van der Waals surface area contributed by atoms with Gasteiger partial charge < -0.3 is 0 Å². The molecule has 0 saturated heterocycles. The summed E-state index contributed by atoms with van der Waals surface area (Å²) in [7, 11) is 0. The molecule has 0 radical (unpaired) electrons. The van der Waals surface area contributed by atoms with Crippen LogP contribution < -0.4 is 0 Å². The van der Waals surface area contributed by atoms with E-state index < -0.39 is 0 Å². The Bertz CT molecular complexity index is 774. The number of aromatic nitrogens is 4. The lowest BCUT2D eigenvalue weighted by Gasteiger charge is -1.98. The van der Waals surface area contributed by atoms with Gasteiger partial charge in [0, 0.05) is 40.5 Å². The number of hydrogen-bond donors (Lipinski definition) is 0. The van der Waals surface area contributed by atoms with Crippen LogP contribution in [-0.2, 0) is 13.0 Å². The van der Waals surface area contributed by atoms with Gasteiger partial charge in [-0.1, -0.05) is 33.3 Å². The molecule has 1 aromatic carbocycles. The number of aryl methyl sites for hydroxylation is 2. The van der Waals surface area contributed by atoms with Crippen molar-refractivity contribution in [3.05, 3.63) is 51.7 Å². The fraction of sp³-hybridized carbons (Fsp3) is 0.312. The van der Waals surface area contributed by atoms with Crippen LogP contribution in [0.5, 0.6) is 0 Å². The van der Waals surface area contributed by atoms with E-state index >= 15 is 0 Å². The first-order chi connectivity index (χ1) is 10.8. The Morgan fingerprint density at radius 3 is 2.82 bits per heavy atom. The van der Waals surface area contributed by atoms with Crippen LogP contribution >= 0.6 is 27.3 Å². The molecule has 1 aliphatic rings. The first kappa shape index (κ1) is 14.1. The van der Waals surface area contributed by atoms with Gasteiger partial charge in [0.2, 0.25) is 0 Å². The fourth-order valence-corrected chi connectivity index (χ4v) is 3.49. The van der Waals surface area contributed by atoms with Crippen molar-refractivity contribution in [2.75, 3.05) is 0 Å². The molecule has 0 spiro atoms. The third kappa shape index (κ3) is 3.13. The van der Waals surface area contributed by atoms with E-state index in [1.165, 1.54) is 12.8 Å². The lowest BCUT2D eigenvalue weighted by Crippen LogP contribution is -2.02. The molecule has 0 atom stereocenters. The number of rotatable bonds is 5. The van der Waals surface area contributed by atoms with Crippen LogP contribution in [0.15, 0.2) is 40.3 Å². The second kappa shape index (κ2) is 5.93. The lowest BCUT2D eigenvalue weighted by atomic mass is 10.2. The summed E-state index contributed by atoms with van der Waals surface area (Å²) in [4.78, 5) is 4.72. The first-order valence-electron chi connectivity index (χ1n) is 7.38. The molecule has 0 N–H and O–H groups in total. The van der Waals surface area contributed by atoms with Crippen LogP contribution in [0.4, 0.5) is 0 Å². The van der Waals surface area contributed by atoms with Gasteiger partial charge in [-0.15, -0.1) is 16.4 Å². The van der Waals surface area contributed by atoms with E-state index in [0.29, 0.717) is 5.92 Å². The second-order valence-corrected chi connectivity index (χ2v) is 7.36. The normalized spacial score (nSPS) is 14.4. The number of halogens is 1. The number of thiazole rings is 1. The molecular formula is C16H15BrN4S. The second-order valence-electron chi connectivity index (χ2n) is 5.58. The highest BCUT2D eigenvalue weighted by Crippen LogP contribution is 2.38. The van der Waals surface area contributed by atoms with Crippen molar-refractivity contribution in [2.45, 2.75) is 31.7 Å². The molecule has 22 heavy (non-hydrogen) atoms. The summed E-state index contributed by atoms with van der Waals surface area (Å²) in [5, 5.41) is 11.7. The maximum Gasteiger partial charge on any atom is 0.123 e. The van der Waals surface area contributed by atoms with Gasteiger partial charge >= 0.3 is 0 Å². The highest BCUT2D eigenvalue weighted by atomic mass is 79.9. The van der Waals surface area contributed by atoms with Crippen molar-refractivity contribution >= 4 is 27.3 Å². The van der Waals surface area contributed by atoms with Gasteiger partial charge in [-0.2, -0.15) is 0 Å². The van der Waals surface area contributed by atoms with Crippen molar-refractivity contribution < 1.29 is 0 Å². The van der Waals surface area contributed by atoms with Crippen molar-refractivity contribution in [3.8, 4) is 10.6 Å². The third-order valence-electron chi connectivity index (χ3n) is 3.79. The van der Waals surface area contributed by atoms with Gasteiger partial charge in [0.05, 0.1) is 11.4 Å². The van der Waals surface area contributed by atoms with E-state index in [1.54, 1.807) is 11.3 Å². The number of hydrogen-bond acceptors (Lipinski definition) is 4. The SMILES string of the molecule is Brc1ccc(-c2nc(CCn3cc(C4CC4)nn3)cs2)cc1. The smallest absolute Gasteiger partial charge is 0.123 e. The molecule has 0 aliphatic heterocycles. The van der Waals surface area contributed by atoms with Gasteiger partial charge in [0.1, 0.15) is 5.01 Å². The van der Waals surface area contributed by atoms with E-state index in [-0.39, 0.29) is 0 Å². The van der Waals surface area contributed by atoms with Crippen LogP contribution in [0.25, 0.3) is 10.6 Å². The molecule has 0 amide bonds. The molecule has 1 aliphatic carbocycles. The van der Waals surface area contributed by atoms with E-state index in [1.807, 2.05) is 16.8 Å². The van der Waals surface area contributed by atoms with E-state index in [4.69, 9.17) is 4.98 Å². The van der Waals surface area contributed by atoms with E-state index in [2.05, 4.69) is 50.0 Å². The standard InChI is InChI=1S/C16H15BrN4S/c17-13-5-3-12(4-6-13)16-18-14(10-22-16)7-8-21-9-15(19-20-21)11-1-2-11/h3-6,9-11H,1-2,7-8H2. The van der Waals surface area contributed by atoms with Gasteiger partial charge in [-0.25, -0.2) is 4.98 Å². The molecule has 2 heterocycles. The molecule has 3 aromatic rings. The minimum Gasteiger partial charge on any atom is -0.252 e. The summed E-state index contributed by atoms with van der Waals surface area (Å²) in [5.41, 5.74) is 3.43. The van der Waals surface area contributed by atoms with Crippen molar-refractivity contribution in [3.63, 3.8) is 0 Å². The minimum absolute atomic E-state index is 0.664. The fourth-order valence-electron chi connectivity index (χ4n) is 2.36. The summed E-state index contributed by atoms with van der Waals surface area (Å²) in [6, 6.07) is 8.27. The molecule has 2 aromatic heterocycles. The average Bonchev–Trinajstić information content (AvgIpc) is 3.09. The predicted molar refractivity (Wildman–Crippen MR) is 91.0 cm³/mol. The number of benzene rings is 1. The van der Waals surface area contributed by atoms with E-state index in [0.717, 1.165) is 39.4 Å². The molecule has 4 nitrogen and oxygen atoms in total. The van der Waals surface area contributed by atoms with Crippen molar-refractivity contribution in [2.24, 2.45) is 0 Å². The molecule has 4 rings (SSSR count). The Kier molecular flexibility index (Phi) is 3.80. The van der Waals surface area contributed by atoms with Crippen LogP contribution in [0.1, 0.15) is 30.1 Å². The van der Waals surface area contributed by atoms with Gasteiger partial charge in [0.25, 0.3) is 0 Å². The lowest BCUT2D eigenvalue weighted by molar-refractivity contribution is 0.585. The summed E-state index contributed by atoms with van der Waals surface area (Å²) in [6.45, 7) is 0.837. The molecule has 0 unspecified atom stereocenters. The summed E-state index contributed by atoms with van der Waals surface area (Å²) in [6.07, 6.45) is 5.50. The Labute approximate surface area is 141 Å². The molecule has 6 heteroatoms. The monoisotopic (exact) mass is 374 g/mol. The zero-order valence-corrected chi connectivity index (χ0v) is 14.3. The Balaban J connectivity index is 1.41. The molecular weight excluding hydrogens is 360 g/mol. The predicted octanol–water partition coefficient (Wildman–Crippen LogP) is 4.28. The maximum atomic E-state index is 4.72. The van der Waals surface area contributed by atoms with Gasteiger partial charge in [-0.05, 0) is 25.0 Å². The zero-order chi connectivity index (χ0) is 14.9. The molecule has 1 saturated carbocycles. The topological polar surface area (TPSA) is 43.6 Å². The van der Waals surface area contributed by atoms with Crippen LogP contribution in [0.3, 0.4) is 0 Å². The third-order valence-corrected chi connectivity index (χ3v) is 5.26. The highest BCUT2D eigenvalue weighted by molar-refractivity contribution is 9.10. The van der Waals surface area contributed by atoms with E-state index in [9.17, 15) is 0 Å². The van der Waals surface area contributed by atoms with Crippen LogP contribution in [0, 0.1) is 0 Å². The molecule has 1 fully saturated rings. The van der Waals surface area contributed by atoms with Crippen molar-refractivity contribution in [1.29, 1.82) is 0 Å². The highest BCUT2D eigenvalue weighted by Gasteiger charge is 2.26. The van der Waals surface area contributed by atoms with Gasteiger partial charge in [0.15, 0.2) is 0 Å². The minimum atomic E-state index is 0.664. The Morgan fingerprint density at radius 1 is 1.23 bits per heavy atom. The Hall–Kier alpha value is -1.53. The quantitative estimate of drug-likeness (QED) is 0.669. The molecule has 0 bridgehead atoms. The van der Waals surface area contributed by atoms with Crippen LogP contribution in [-0.4, -0.2) is 20.0 Å². The first-order valence-corrected chi connectivity index (χ1v) is 9.05. The number of nitrogens with zero attached hydrogens (tertiary/aromatic N) is 4. The van der Waals surface area contributed by atoms with Crippen LogP contribution in [0.2, 0.25) is 0 Å².